The van der Waals surface area contributed by atoms with Gasteiger partial charge in [-0.2, -0.15) is 15.0 Å². The molecular weight excluding hydrogens is 377 g/mol. The first-order valence-corrected chi connectivity index (χ1v) is 8.40. The van der Waals surface area contributed by atoms with Crippen LogP contribution in [0.4, 0.5) is 5.95 Å². The van der Waals surface area contributed by atoms with E-state index in [2.05, 4.69) is 20.3 Å². The maximum Gasteiger partial charge on any atom is 0.232 e. The van der Waals surface area contributed by atoms with E-state index >= 15 is 0 Å². The lowest BCUT2D eigenvalue weighted by Gasteiger charge is -2.34. The maximum atomic E-state index is 13.1. The lowest BCUT2D eigenvalue weighted by Crippen LogP contribution is -2.43. The Balaban J connectivity index is 1.78. The maximum absolute atomic E-state index is 13.1. The van der Waals surface area contributed by atoms with Gasteiger partial charge in [-0.25, -0.2) is 0 Å². The fraction of sp³-hybridized carbons (Fsp3) is 0.118. The third kappa shape index (κ3) is 2.65. The van der Waals surface area contributed by atoms with Crippen LogP contribution in [0.15, 0.2) is 47.8 Å². The highest BCUT2D eigenvalue weighted by molar-refractivity contribution is 6.31. The minimum absolute atomic E-state index is 0.0768. The summed E-state index contributed by atoms with van der Waals surface area (Å²) in [6, 6.07) is 6.70. The molecule has 3 N–H and O–H groups in total. The third-order valence-electron chi connectivity index (χ3n) is 4.34. The monoisotopic (exact) mass is 387 g/mol. The molecule has 7 nitrogen and oxygen atoms in total. The summed E-state index contributed by atoms with van der Waals surface area (Å²) in [5, 5.41) is 2.74. The van der Waals surface area contributed by atoms with Crippen molar-refractivity contribution >= 4 is 40.7 Å². The van der Waals surface area contributed by atoms with Crippen molar-refractivity contribution in [2.75, 3.05) is 5.32 Å². The van der Waals surface area contributed by atoms with Crippen LogP contribution in [0.1, 0.15) is 20.7 Å². The van der Waals surface area contributed by atoms with E-state index in [1.54, 1.807) is 36.4 Å². The molecule has 0 saturated carbocycles. The van der Waals surface area contributed by atoms with Gasteiger partial charge < -0.3 is 11.1 Å². The van der Waals surface area contributed by atoms with E-state index in [-0.39, 0.29) is 28.1 Å². The van der Waals surface area contributed by atoms with Crippen molar-refractivity contribution in [2.45, 2.75) is 0 Å². The highest BCUT2D eigenvalue weighted by atomic mass is 35.5. The molecule has 2 aliphatic rings. The zero-order valence-electron chi connectivity index (χ0n) is 13.1. The van der Waals surface area contributed by atoms with Crippen LogP contribution in [0.2, 0.25) is 10.6 Å². The zero-order valence-corrected chi connectivity index (χ0v) is 14.6. The van der Waals surface area contributed by atoms with E-state index in [1.807, 2.05) is 0 Å². The molecule has 1 aromatic heterocycles. The topological polar surface area (TPSA) is 111 Å². The van der Waals surface area contributed by atoms with Gasteiger partial charge in [0.2, 0.25) is 16.5 Å². The fourth-order valence-corrected chi connectivity index (χ4v) is 3.60. The summed E-state index contributed by atoms with van der Waals surface area (Å²) in [6.07, 6.45) is 3.22. The van der Waals surface area contributed by atoms with Crippen LogP contribution >= 0.6 is 23.2 Å². The number of anilines is 1. The Morgan fingerprint density at radius 3 is 2.08 bits per heavy atom. The van der Waals surface area contributed by atoms with E-state index in [4.69, 9.17) is 28.9 Å². The number of hydrogen-bond acceptors (Lipinski definition) is 7. The first-order valence-electron chi connectivity index (χ1n) is 7.64. The Bertz CT molecular complexity index is 998. The average Bonchev–Trinajstić information content (AvgIpc) is 2.60. The van der Waals surface area contributed by atoms with Gasteiger partial charge in [-0.3, -0.25) is 9.59 Å². The molecule has 2 aromatic rings. The number of carbonyl (C=O) groups excluding carboxylic acids is 2. The Morgan fingerprint density at radius 1 is 0.885 bits per heavy atom. The van der Waals surface area contributed by atoms with Crippen molar-refractivity contribution in [3.05, 3.63) is 69.5 Å². The standard InChI is InChI=1S/C17H11Cl2N5O2/c18-15-22-16(19)24-17(23-15)21-10-6-5-9(20)11-12(10)14(26)8-4-2-1-3-7(8)13(11)25/h1-6,11-12H,20H2,(H,21,22,23,24). The molecule has 26 heavy (non-hydrogen) atoms. The van der Waals surface area contributed by atoms with E-state index in [0.29, 0.717) is 22.5 Å². The number of ketones is 2. The molecule has 0 fully saturated rings. The smallest absolute Gasteiger partial charge is 0.232 e. The fourth-order valence-electron chi connectivity index (χ4n) is 3.24. The van der Waals surface area contributed by atoms with Gasteiger partial charge in [-0.15, -0.1) is 0 Å². The Labute approximate surface area is 157 Å². The number of allylic oxidation sites excluding steroid dienone is 4. The quantitative estimate of drug-likeness (QED) is 0.814. The summed E-state index contributed by atoms with van der Waals surface area (Å²) < 4.78 is 0. The van der Waals surface area contributed by atoms with Crippen LogP contribution in [0.25, 0.3) is 0 Å². The van der Waals surface area contributed by atoms with Crippen LogP contribution < -0.4 is 11.1 Å². The number of nitrogens with one attached hydrogen (secondary N) is 1. The number of benzene rings is 1. The average molecular weight is 388 g/mol. The minimum atomic E-state index is -0.795. The molecule has 1 heterocycles. The number of fused-ring (bicyclic) bond motifs is 2. The molecule has 9 heteroatoms. The van der Waals surface area contributed by atoms with Crippen molar-refractivity contribution < 1.29 is 9.59 Å². The molecule has 2 unspecified atom stereocenters. The second-order valence-corrected chi connectivity index (χ2v) is 6.52. The molecule has 0 aliphatic heterocycles. The summed E-state index contributed by atoms with van der Waals surface area (Å²) in [5.41, 5.74) is 7.55. The molecule has 2 atom stereocenters. The zero-order chi connectivity index (χ0) is 18.4. The molecular formula is C17H11Cl2N5O2. The van der Waals surface area contributed by atoms with Crippen LogP contribution in [-0.2, 0) is 0 Å². The van der Waals surface area contributed by atoms with Gasteiger partial charge in [0.05, 0.1) is 11.8 Å². The SMILES string of the molecule is NC1=CC=C(Nc2nc(Cl)nc(Cl)n2)C2C(=O)c3ccccc3C(=O)C12. The van der Waals surface area contributed by atoms with Crippen LogP contribution in [0.3, 0.4) is 0 Å². The van der Waals surface area contributed by atoms with Crippen LogP contribution in [0.5, 0.6) is 0 Å². The van der Waals surface area contributed by atoms with Crippen molar-refractivity contribution in [3.63, 3.8) is 0 Å². The lowest BCUT2D eigenvalue weighted by atomic mass is 9.69. The van der Waals surface area contributed by atoms with E-state index in [0.717, 1.165) is 0 Å². The number of nitrogens with two attached hydrogens (primary N) is 1. The summed E-state index contributed by atoms with van der Waals surface area (Å²) in [4.78, 5) is 37.5. The first kappa shape index (κ1) is 16.7. The van der Waals surface area contributed by atoms with Gasteiger partial charge in [0, 0.05) is 22.5 Å². The van der Waals surface area contributed by atoms with Crippen molar-refractivity contribution in [1.82, 2.24) is 15.0 Å². The van der Waals surface area contributed by atoms with Gasteiger partial charge in [-0.05, 0) is 35.4 Å². The van der Waals surface area contributed by atoms with Gasteiger partial charge in [0.15, 0.2) is 11.6 Å². The van der Waals surface area contributed by atoms with Crippen molar-refractivity contribution in [2.24, 2.45) is 17.6 Å². The number of carbonyl (C=O) groups is 2. The third-order valence-corrected chi connectivity index (χ3v) is 4.68. The molecule has 4 rings (SSSR count). The Morgan fingerprint density at radius 2 is 1.46 bits per heavy atom. The number of nitrogens with zero attached hydrogens (tertiary/aromatic N) is 3. The molecule has 2 aliphatic carbocycles. The predicted molar refractivity (Wildman–Crippen MR) is 95.9 cm³/mol. The Hall–Kier alpha value is -2.77. The molecule has 130 valence electrons. The lowest BCUT2D eigenvalue weighted by molar-refractivity contribution is 0.0785. The predicted octanol–water partition coefficient (Wildman–Crippen LogP) is 2.64. The van der Waals surface area contributed by atoms with Gasteiger partial charge in [0.1, 0.15) is 0 Å². The molecule has 0 bridgehead atoms. The summed E-state index contributed by atoms with van der Waals surface area (Å²) in [7, 11) is 0. The Kier molecular flexibility index (Phi) is 3.97. The molecule has 0 radical (unpaired) electrons. The minimum Gasteiger partial charge on any atom is -0.401 e. The van der Waals surface area contributed by atoms with E-state index < -0.39 is 11.8 Å². The van der Waals surface area contributed by atoms with Crippen LogP contribution in [-0.4, -0.2) is 26.5 Å². The molecule has 0 amide bonds. The van der Waals surface area contributed by atoms with Gasteiger partial charge >= 0.3 is 0 Å². The number of Topliss-reactive ketones (excluding diaryl/α,β-unsaturated/α-hetero) is 2. The van der Waals surface area contributed by atoms with E-state index in [9.17, 15) is 9.59 Å². The first-order chi connectivity index (χ1) is 12.5. The second kappa shape index (κ2) is 6.19. The summed E-state index contributed by atoms with van der Waals surface area (Å²) in [6.45, 7) is 0. The summed E-state index contributed by atoms with van der Waals surface area (Å²) >= 11 is 11.6. The summed E-state index contributed by atoms with van der Waals surface area (Å²) in [5.74, 6) is -1.90. The number of hydrogen-bond donors (Lipinski definition) is 2. The van der Waals surface area contributed by atoms with E-state index in [1.165, 1.54) is 0 Å². The number of halogens is 2. The molecule has 0 spiro atoms. The number of aromatic nitrogens is 3. The highest BCUT2D eigenvalue weighted by Crippen LogP contribution is 2.39. The van der Waals surface area contributed by atoms with Crippen LogP contribution in [0, 0.1) is 11.8 Å². The molecule has 0 saturated heterocycles. The van der Waals surface area contributed by atoms with Crippen molar-refractivity contribution in [1.29, 1.82) is 0 Å². The van der Waals surface area contributed by atoms with Gasteiger partial charge in [0.25, 0.3) is 0 Å². The molecule has 1 aromatic carbocycles. The highest BCUT2D eigenvalue weighted by Gasteiger charge is 2.45. The van der Waals surface area contributed by atoms with Gasteiger partial charge in [-0.1, -0.05) is 24.3 Å². The normalized spacial score (nSPS) is 21.5. The second-order valence-electron chi connectivity index (χ2n) is 5.84. The van der Waals surface area contributed by atoms with Crippen molar-refractivity contribution in [3.8, 4) is 0 Å². The largest absolute Gasteiger partial charge is 0.401 e. The number of rotatable bonds is 2.